The van der Waals surface area contributed by atoms with Gasteiger partial charge in [-0.1, -0.05) is 19.1 Å². The van der Waals surface area contributed by atoms with E-state index in [1.54, 1.807) is 0 Å². The first-order chi connectivity index (χ1) is 7.33. The van der Waals surface area contributed by atoms with Crippen molar-refractivity contribution in [3.63, 3.8) is 0 Å². The van der Waals surface area contributed by atoms with E-state index in [-0.39, 0.29) is 5.92 Å². The topological polar surface area (TPSA) is 35.8 Å². The molecule has 78 valence electrons. The molecule has 0 radical (unpaired) electrons. The monoisotopic (exact) mass is 200 g/mol. The standard InChI is InChI=1S/C13H16N2/c1-2-10(9-14)7-11-3-4-13-12(8-11)5-6-15-13/h3-4,8,10,15H,2,5-7H2,1H3. The molecule has 0 saturated carbocycles. The molecule has 0 saturated heterocycles. The first-order valence-electron chi connectivity index (χ1n) is 5.58. The van der Waals surface area contributed by atoms with Gasteiger partial charge in [0.15, 0.2) is 0 Å². The SMILES string of the molecule is CCC(C#N)Cc1ccc2c(c1)CCN2. The summed E-state index contributed by atoms with van der Waals surface area (Å²) in [6, 6.07) is 8.87. The van der Waals surface area contributed by atoms with Crippen molar-refractivity contribution in [3.8, 4) is 6.07 Å². The van der Waals surface area contributed by atoms with Crippen LogP contribution in [0.25, 0.3) is 0 Å². The molecule has 2 nitrogen and oxygen atoms in total. The molecule has 1 N–H and O–H groups in total. The van der Waals surface area contributed by atoms with Crippen LogP contribution >= 0.6 is 0 Å². The third kappa shape index (κ3) is 2.12. The third-order valence-electron chi connectivity index (χ3n) is 3.04. The predicted octanol–water partition coefficient (Wildman–Crippen LogP) is 2.75. The largest absolute Gasteiger partial charge is 0.384 e. The van der Waals surface area contributed by atoms with Crippen LogP contribution in [0.5, 0.6) is 0 Å². The highest BCUT2D eigenvalue weighted by Crippen LogP contribution is 2.24. The van der Waals surface area contributed by atoms with Gasteiger partial charge in [0.1, 0.15) is 0 Å². The Labute approximate surface area is 90.9 Å². The van der Waals surface area contributed by atoms with Crippen molar-refractivity contribution in [1.82, 2.24) is 0 Å². The average molecular weight is 200 g/mol. The molecule has 1 unspecified atom stereocenters. The maximum Gasteiger partial charge on any atom is 0.0659 e. The number of rotatable bonds is 3. The van der Waals surface area contributed by atoms with Gasteiger partial charge in [-0.05, 0) is 36.5 Å². The summed E-state index contributed by atoms with van der Waals surface area (Å²) in [7, 11) is 0. The second-order valence-corrected chi connectivity index (χ2v) is 4.11. The summed E-state index contributed by atoms with van der Waals surface area (Å²) in [6.07, 6.45) is 2.94. The summed E-state index contributed by atoms with van der Waals surface area (Å²) in [5.74, 6) is 0.164. The highest BCUT2D eigenvalue weighted by atomic mass is 14.9. The molecule has 2 rings (SSSR count). The highest BCUT2D eigenvalue weighted by Gasteiger charge is 2.11. The van der Waals surface area contributed by atoms with E-state index in [0.29, 0.717) is 0 Å². The van der Waals surface area contributed by atoms with E-state index < -0.39 is 0 Å². The van der Waals surface area contributed by atoms with Crippen molar-refractivity contribution in [1.29, 1.82) is 5.26 Å². The molecule has 0 bridgehead atoms. The van der Waals surface area contributed by atoms with Crippen LogP contribution in [0, 0.1) is 17.2 Å². The van der Waals surface area contributed by atoms with Gasteiger partial charge in [0.05, 0.1) is 12.0 Å². The number of hydrogen-bond acceptors (Lipinski definition) is 2. The van der Waals surface area contributed by atoms with Crippen LogP contribution in [0.4, 0.5) is 5.69 Å². The Balaban J connectivity index is 2.13. The summed E-state index contributed by atoms with van der Waals surface area (Å²) < 4.78 is 0. The molecule has 0 spiro atoms. The Morgan fingerprint density at radius 3 is 3.13 bits per heavy atom. The molecule has 0 fully saturated rings. The fourth-order valence-corrected chi connectivity index (χ4v) is 2.05. The van der Waals surface area contributed by atoms with E-state index in [0.717, 1.165) is 25.8 Å². The number of nitriles is 1. The van der Waals surface area contributed by atoms with Gasteiger partial charge in [0.25, 0.3) is 0 Å². The first-order valence-corrected chi connectivity index (χ1v) is 5.58. The van der Waals surface area contributed by atoms with Gasteiger partial charge in [0, 0.05) is 12.2 Å². The normalized spacial score (nSPS) is 15.2. The molecule has 1 aromatic carbocycles. The number of anilines is 1. The summed E-state index contributed by atoms with van der Waals surface area (Å²) in [6.45, 7) is 3.12. The first kappa shape index (κ1) is 10.0. The minimum Gasteiger partial charge on any atom is -0.384 e. The molecule has 0 amide bonds. The van der Waals surface area contributed by atoms with Crippen LogP contribution in [0.2, 0.25) is 0 Å². The zero-order chi connectivity index (χ0) is 10.7. The minimum absolute atomic E-state index is 0.164. The van der Waals surface area contributed by atoms with Crippen molar-refractivity contribution in [2.45, 2.75) is 26.2 Å². The maximum atomic E-state index is 8.92. The van der Waals surface area contributed by atoms with Crippen molar-refractivity contribution >= 4 is 5.69 Å². The number of nitrogens with zero attached hydrogens (tertiary/aromatic N) is 1. The fourth-order valence-electron chi connectivity index (χ4n) is 2.05. The smallest absolute Gasteiger partial charge is 0.0659 e. The Morgan fingerprint density at radius 1 is 1.53 bits per heavy atom. The maximum absolute atomic E-state index is 8.92. The van der Waals surface area contributed by atoms with Gasteiger partial charge in [-0.3, -0.25) is 0 Å². The van der Waals surface area contributed by atoms with E-state index >= 15 is 0 Å². The molecule has 15 heavy (non-hydrogen) atoms. The van der Waals surface area contributed by atoms with Crippen molar-refractivity contribution in [2.24, 2.45) is 5.92 Å². The Bertz CT molecular complexity index is 390. The fraction of sp³-hybridized carbons (Fsp3) is 0.462. The highest BCUT2D eigenvalue weighted by molar-refractivity contribution is 5.56. The summed E-state index contributed by atoms with van der Waals surface area (Å²) in [5, 5.41) is 12.3. The molecular formula is C13H16N2. The quantitative estimate of drug-likeness (QED) is 0.814. The molecule has 1 aromatic rings. The van der Waals surface area contributed by atoms with Crippen LogP contribution < -0.4 is 5.32 Å². The lowest BCUT2D eigenvalue weighted by Crippen LogP contribution is -2.00. The second-order valence-electron chi connectivity index (χ2n) is 4.11. The Morgan fingerprint density at radius 2 is 2.40 bits per heavy atom. The van der Waals surface area contributed by atoms with Gasteiger partial charge in [0.2, 0.25) is 0 Å². The molecule has 0 aromatic heterocycles. The third-order valence-corrected chi connectivity index (χ3v) is 3.04. The van der Waals surface area contributed by atoms with Gasteiger partial charge < -0.3 is 5.32 Å². The molecular weight excluding hydrogens is 184 g/mol. The predicted molar refractivity (Wildman–Crippen MR) is 61.7 cm³/mol. The lowest BCUT2D eigenvalue weighted by atomic mass is 9.96. The second kappa shape index (κ2) is 4.35. The van der Waals surface area contributed by atoms with Crippen LogP contribution in [0.1, 0.15) is 24.5 Å². The Kier molecular flexibility index (Phi) is 2.91. The number of benzene rings is 1. The van der Waals surface area contributed by atoms with Crippen LogP contribution in [-0.2, 0) is 12.8 Å². The zero-order valence-corrected chi connectivity index (χ0v) is 9.09. The van der Waals surface area contributed by atoms with Crippen molar-refractivity contribution in [3.05, 3.63) is 29.3 Å². The lowest BCUT2D eigenvalue weighted by Gasteiger charge is -2.07. The van der Waals surface area contributed by atoms with Crippen LogP contribution in [-0.4, -0.2) is 6.54 Å². The van der Waals surface area contributed by atoms with Gasteiger partial charge in [-0.15, -0.1) is 0 Å². The average Bonchev–Trinajstić information content (AvgIpc) is 2.73. The molecule has 0 aliphatic carbocycles. The van der Waals surface area contributed by atoms with E-state index in [2.05, 4.69) is 36.5 Å². The summed E-state index contributed by atoms with van der Waals surface area (Å²) in [5.41, 5.74) is 3.97. The van der Waals surface area contributed by atoms with Crippen molar-refractivity contribution in [2.75, 3.05) is 11.9 Å². The Hall–Kier alpha value is -1.49. The molecule has 1 atom stereocenters. The van der Waals surface area contributed by atoms with Crippen molar-refractivity contribution < 1.29 is 0 Å². The van der Waals surface area contributed by atoms with Gasteiger partial charge in [-0.25, -0.2) is 0 Å². The van der Waals surface area contributed by atoms with E-state index in [9.17, 15) is 0 Å². The number of hydrogen-bond donors (Lipinski definition) is 1. The summed E-state index contributed by atoms with van der Waals surface area (Å²) in [4.78, 5) is 0. The molecule has 1 aliphatic heterocycles. The van der Waals surface area contributed by atoms with E-state index in [1.165, 1.54) is 16.8 Å². The number of nitrogens with one attached hydrogen (secondary N) is 1. The molecule has 1 aliphatic rings. The van der Waals surface area contributed by atoms with E-state index in [1.807, 2.05) is 0 Å². The zero-order valence-electron chi connectivity index (χ0n) is 9.09. The lowest BCUT2D eigenvalue weighted by molar-refractivity contribution is 0.638. The summed E-state index contributed by atoms with van der Waals surface area (Å²) >= 11 is 0. The molecule has 2 heteroatoms. The molecule has 1 heterocycles. The van der Waals surface area contributed by atoms with Crippen LogP contribution in [0.3, 0.4) is 0 Å². The number of fused-ring (bicyclic) bond motifs is 1. The van der Waals surface area contributed by atoms with Crippen LogP contribution in [0.15, 0.2) is 18.2 Å². The van der Waals surface area contributed by atoms with Gasteiger partial charge in [-0.2, -0.15) is 5.26 Å². The minimum atomic E-state index is 0.164. The van der Waals surface area contributed by atoms with Gasteiger partial charge >= 0.3 is 0 Å². The van der Waals surface area contributed by atoms with E-state index in [4.69, 9.17) is 5.26 Å².